The largest absolute Gasteiger partial charge is 0.478 e. The van der Waals surface area contributed by atoms with Crippen LogP contribution in [-0.2, 0) is 13.6 Å². The second-order valence-corrected chi connectivity index (χ2v) is 6.65. The molecule has 0 fully saturated rings. The first-order chi connectivity index (χ1) is 6.95. The van der Waals surface area contributed by atoms with Crippen LogP contribution in [0.25, 0.3) is 0 Å². The van der Waals surface area contributed by atoms with Crippen LogP contribution in [0.3, 0.4) is 0 Å². The van der Waals surface area contributed by atoms with E-state index in [1.807, 2.05) is 12.6 Å². The van der Waals surface area contributed by atoms with Crippen molar-refractivity contribution in [2.45, 2.75) is 26.3 Å². The van der Waals surface area contributed by atoms with Gasteiger partial charge in [-0.15, -0.1) is 0 Å². The Labute approximate surface area is 92.1 Å². The van der Waals surface area contributed by atoms with Crippen LogP contribution < -0.4 is 0 Å². The molecular formula is C10H19O4Si. The molecule has 0 aliphatic heterocycles. The number of carboxylic acid groups (broad SMARTS) is 1. The molecular weight excluding hydrogens is 212 g/mol. The molecule has 0 aromatic carbocycles. The molecule has 0 atom stereocenters. The molecule has 1 radical (unpaired) electrons. The van der Waals surface area contributed by atoms with Crippen molar-refractivity contribution in [2.24, 2.45) is 0 Å². The Kier molecular flexibility index (Phi) is 6.47. The monoisotopic (exact) mass is 231 g/mol. The van der Waals surface area contributed by atoms with Crippen LogP contribution in [0.5, 0.6) is 0 Å². The van der Waals surface area contributed by atoms with E-state index in [1.165, 1.54) is 0 Å². The summed E-state index contributed by atoms with van der Waals surface area (Å²) >= 11 is 0. The van der Waals surface area contributed by atoms with Crippen molar-refractivity contribution in [3.05, 3.63) is 17.7 Å². The molecule has 0 aliphatic rings. The summed E-state index contributed by atoms with van der Waals surface area (Å²) in [5.41, 5.74) is 0.376. The highest BCUT2D eigenvalue weighted by Gasteiger charge is 2.27. The third-order valence-corrected chi connectivity index (χ3v) is 4.93. The third-order valence-electron chi connectivity index (χ3n) is 2.28. The SMILES string of the molecule is CO[Si](C)([CH]CCC=C(C)C(=O)O)OC. The minimum atomic E-state index is -2.10. The fourth-order valence-corrected chi connectivity index (χ4v) is 2.17. The van der Waals surface area contributed by atoms with E-state index in [-0.39, 0.29) is 0 Å². The molecule has 0 amide bonds. The maximum atomic E-state index is 10.5. The first-order valence-corrected chi connectivity index (χ1v) is 7.19. The van der Waals surface area contributed by atoms with Gasteiger partial charge in [0.15, 0.2) is 0 Å². The second kappa shape index (κ2) is 6.76. The molecule has 0 rings (SSSR count). The van der Waals surface area contributed by atoms with Gasteiger partial charge in [0.25, 0.3) is 0 Å². The minimum Gasteiger partial charge on any atom is -0.478 e. The van der Waals surface area contributed by atoms with Gasteiger partial charge in [-0.1, -0.05) is 6.08 Å². The van der Waals surface area contributed by atoms with Crippen molar-refractivity contribution in [1.29, 1.82) is 0 Å². The summed E-state index contributed by atoms with van der Waals surface area (Å²) in [5, 5.41) is 8.61. The van der Waals surface area contributed by atoms with E-state index in [2.05, 4.69) is 0 Å². The molecule has 0 unspecified atom stereocenters. The minimum absolute atomic E-state index is 0.376. The number of hydrogen-bond donors (Lipinski definition) is 1. The standard InChI is InChI=1S/C10H19O4Si/c1-9(10(11)12)7-5-6-8-15(4,13-2)14-3/h7-8H,5-6H2,1-4H3,(H,11,12). The van der Waals surface area contributed by atoms with Crippen LogP contribution in [0.4, 0.5) is 0 Å². The summed E-state index contributed by atoms with van der Waals surface area (Å²) in [4.78, 5) is 10.5. The van der Waals surface area contributed by atoms with Gasteiger partial charge in [0.1, 0.15) is 0 Å². The molecule has 0 bridgehead atoms. The normalized spacial score (nSPS) is 12.9. The zero-order valence-corrected chi connectivity index (χ0v) is 10.7. The molecule has 4 nitrogen and oxygen atoms in total. The van der Waals surface area contributed by atoms with Crippen molar-refractivity contribution >= 4 is 14.5 Å². The van der Waals surface area contributed by atoms with Crippen LogP contribution in [0, 0.1) is 6.04 Å². The Morgan fingerprint density at radius 1 is 1.33 bits per heavy atom. The van der Waals surface area contributed by atoms with Gasteiger partial charge in [0.2, 0.25) is 0 Å². The zero-order valence-electron chi connectivity index (χ0n) is 9.74. The van der Waals surface area contributed by atoms with Crippen molar-refractivity contribution in [2.75, 3.05) is 14.2 Å². The topological polar surface area (TPSA) is 55.8 Å². The van der Waals surface area contributed by atoms with E-state index in [1.54, 1.807) is 27.2 Å². The van der Waals surface area contributed by atoms with Gasteiger partial charge in [-0.3, -0.25) is 0 Å². The number of hydrogen-bond acceptors (Lipinski definition) is 3. The quantitative estimate of drug-likeness (QED) is 0.413. The number of carbonyl (C=O) groups is 1. The zero-order chi connectivity index (χ0) is 11.9. The Balaban J connectivity index is 3.89. The van der Waals surface area contributed by atoms with Crippen molar-refractivity contribution in [3.63, 3.8) is 0 Å². The lowest BCUT2D eigenvalue weighted by atomic mass is 10.2. The molecule has 0 aromatic heterocycles. The summed E-state index contributed by atoms with van der Waals surface area (Å²) in [5.74, 6) is -0.867. The molecule has 0 heterocycles. The van der Waals surface area contributed by atoms with E-state index in [0.29, 0.717) is 12.0 Å². The molecule has 1 N–H and O–H groups in total. The van der Waals surface area contributed by atoms with Gasteiger partial charge in [-0.2, -0.15) is 0 Å². The number of carboxylic acids is 1. The van der Waals surface area contributed by atoms with Gasteiger partial charge in [-0.25, -0.2) is 4.79 Å². The molecule has 0 aliphatic carbocycles. The highest BCUT2D eigenvalue weighted by molar-refractivity contribution is 6.69. The van der Waals surface area contributed by atoms with Gasteiger partial charge in [0.05, 0.1) is 0 Å². The van der Waals surface area contributed by atoms with Gasteiger partial charge in [0, 0.05) is 25.8 Å². The predicted octanol–water partition coefficient (Wildman–Crippen LogP) is 1.91. The smallest absolute Gasteiger partial charge is 0.337 e. The molecule has 5 heteroatoms. The predicted molar refractivity (Wildman–Crippen MR) is 60.6 cm³/mol. The van der Waals surface area contributed by atoms with Crippen molar-refractivity contribution in [1.82, 2.24) is 0 Å². The number of unbranched alkanes of at least 4 members (excludes halogenated alkanes) is 1. The molecule has 0 aromatic rings. The van der Waals surface area contributed by atoms with Gasteiger partial charge in [-0.05, 0) is 26.3 Å². The Morgan fingerprint density at radius 2 is 1.87 bits per heavy atom. The Morgan fingerprint density at radius 3 is 2.27 bits per heavy atom. The lowest BCUT2D eigenvalue weighted by molar-refractivity contribution is -0.132. The molecule has 15 heavy (non-hydrogen) atoms. The molecule has 0 saturated heterocycles. The first-order valence-electron chi connectivity index (χ1n) is 4.80. The maximum Gasteiger partial charge on any atom is 0.337 e. The van der Waals surface area contributed by atoms with E-state index in [0.717, 1.165) is 6.42 Å². The molecule has 87 valence electrons. The summed E-state index contributed by atoms with van der Waals surface area (Å²) in [7, 11) is 1.16. The summed E-state index contributed by atoms with van der Waals surface area (Å²) in [6.07, 6.45) is 3.18. The van der Waals surface area contributed by atoms with E-state index in [9.17, 15) is 4.79 Å². The Hall–Kier alpha value is -0.653. The second-order valence-electron chi connectivity index (χ2n) is 3.40. The highest BCUT2D eigenvalue weighted by atomic mass is 28.4. The van der Waals surface area contributed by atoms with E-state index in [4.69, 9.17) is 14.0 Å². The average Bonchev–Trinajstić information content (AvgIpc) is 2.23. The van der Waals surface area contributed by atoms with Gasteiger partial charge >= 0.3 is 14.5 Å². The van der Waals surface area contributed by atoms with Crippen LogP contribution in [0.1, 0.15) is 19.8 Å². The van der Waals surface area contributed by atoms with Crippen LogP contribution >= 0.6 is 0 Å². The fourth-order valence-electron chi connectivity index (χ4n) is 0.983. The third kappa shape index (κ3) is 5.71. The summed E-state index contributed by atoms with van der Waals surface area (Å²) in [6, 6.07) is 2.01. The van der Waals surface area contributed by atoms with E-state index >= 15 is 0 Å². The molecule has 0 saturated carbocycles. The van der Waals surface area contributed by atoms with Crippen molar-refractivity contribution < 1.29 is 18.8 Å². The number of rotatable bonds is 7. The summed E-state index contributed by atoms with van der Waals surface area (Å²) < 4.78 is 10.5. The molecule has 0 spiro atoms. The van der Waals surface area contributed by atoms with Gasteiger partial charge < -0.3 is 14.0 Å². The van der Waals surface area contributed by atoms with E-state index < -0.39 is 14.5 Å². The summed E-state index contributed by atoms with van der Waals surface area (Å²) in [6.45, 7) is 3.53. The number of allylic oxidation sites excluding steroid dienone is 1. The van der Waals surface area contributed by atoms with Crippen molar-refractivity contribution in [3.8, 4) is 0 Å². The number of aliphatic carboxylic acids is 1. The lowest BCUT2D eigenvalue weighted by Gasteiger charge is -2.21. The lowest BCUT2D eigenvalue weighted by Crippen LogP contribution is -2.37. The van der Waals surface area contributed by atoms with Crippen LogP contribution in [-0.4, -0.2) is 33.9 Å². The Bertz CT molecular complexity index is 234. The average molecular weight is 231 g/mol. The fraction of sp³-hybridized carbons (Fsp3) is 0.600. The van der Waals surface area contributed by atoms with Crippen LogP contribution in [0.2, 0.25) is 6.55 Å². The maximum absolute atomic E-state index is 10.5. The highest BCUT2D eigenvalue weighted by Crippen LogP contribution is 2.13. The van der Waals surface area contributed by atoms with Crippen LogP contribution in [0.15, 0.2) is 11.6 Å². The first kappa shape index (κ1) is 14.3.